The number of nitrogens with zero attached hydrogens (tertiary/aromatic N) is 1. The summed E-state index contributed by atoms with van der Waals surface area (Å²) in [5.74, 6) is 0. The molecule has 4 aromatic carbocycles. The molecule has 0 saturated heterocycles. The Bertz CT molecular complexity index is 1750. The summed E-state index contributed by atoms with van der Waals surface area (Å²) < 4.78 is 1.35. The van der Waals surface area contributed by atoms with Gasteiger partial charge < -0.3 is 4.90 Å². The van der Waals surface area contributed by atoms with Crippen LogP contribution in [0.1, 0.15) is 88.4 Å². The van der Waals surface area contributed by atoms with E-state index in [9.17, 15) is 0 Å². The average Bonchev–Trinajstić information content (AvgIpc) is 3.35. The normalized spacial score (nSPS) is 15.9. The Hall–Kier alpha value is -3.30. The summed E-state index contributed by atoms with van der Waals surface area (Å²) in [6.07, 6.45) is 3.24. The lowest BCUT2D eigenvalue weighted by Crippen LogP contribution is -2.34. The Morgan fingerprint density at radius 2 is 1.38 bits per heavy atom. The maximum atomic E-state index is 6.69. The largest absolute Gasteiger partial charge is 0.311 e. The predicted octanol–water partition coefficient (Wildman–Crippen LogP) is 10.4. The molecule has 3 heteroatoms. The van der Waals surface area contributed by atoms with Crippen molar-refractivity contribution in [2.75, 3.05) is 4.90 Å². The second kappa shape index (κ2) is 10.5. The van der Waals surface area contributed by atoms with Crippen molar-refractivity contribution in [3.05, 3.63) is 118 Å². The van der Waals surface area contributed by atoms with E-state index in [2.05, 4.69) is 132 Å². The van der Waals surface area contributed by atoms with E-state index < -0.39 is 0 Å². The fourth-order valence-corrected chi connectivity index (χ4v) is 7.58. The second-order valence-corrected chi connectivity index (χ2v) is 15.6. The molecule has 0 atom stereocenters. The number of para-hydroxylation sites is 2. The lowest BCUT2D eigenvalue weighted by Gasteiger charge is -2.43. The summed E-state index contributed by atoms with van der Waals surface area (Å²) >= 11 is 1.92. The lowest BCUT2D eigenvalue weighted by molar-refractivity contribution is 0.331. The number of fused-ring (bicyclic) bond motifs is 2. The Morgan fingerprint density at radius 3 is 2.05 bits per heavy atom. The van der Waals surface area contributed by atoms with Gasteiger partial charge in [0.05, 0.1) is 0 Å². The average molecular weight is 568 g/mol. The third-order valence-corrected chi connectivity index (χ3v) is 10.4. The van der Waals surface area contributed by atoms with Crippen LogP contribution in [-0.2, 0) is 22.7 Å². The monoisotopic (exact) mass is 567 g/mol. The van der Waals surface area contributed by atoms with Crippen molar-refractivity contribution >= 4 is 51.8 Å². The molecule has 6 rings (SSSR count). The van der Waals surface area contributed by atoms with E-state index in [0.717, 1.165) is 23.3 Å². The molecule has 0 bridgehead atoms. The Labute approximate surface area is 258 Å². The predicted molar refractivity (Wildman–Crippen MR) is 185 cm³/mol. The molecule has 1 heterocycles. The zero-order valence-corrected chi connectivity index (χ0v) is 27.0. The number of rotatable bonds is 5. The molecule has 0 spiro atoms. The summed E-state index contributed by atoms with van der Waals surface area (Å²) in [7, 11) is 6.69. The highest BCUT2D eigenvalue weighted by Gasteiger charge is 2.38. The molecular weight excluding hydrogens is 525 g/mol. The van der Waals surface area contributed by atoms with Crippen LogP contribution >= 0.6 is 11.3 Å². The SMILES string of the molecule is [B]c1ccccc1N(c1ccccc1)c1cc2c(cc1Cc1cc3cc(C(C)(C)C)ccc3s1)C(C)(C)CCC2(C)C. The van der Waals surface area contributed by atoms with Crippen LogP contribution in [0.3, 0.4) is 0 Å². The van der Waals surface area contributed by atoms with Crippen LogP contribution in [0, 0.1) is 0 Å². The molecule has 0 saturated carbocycles. The fourth-order valence-electron chi connectivity index (χ4n) is 6.51. The molecule has 1 aliphatic rings. The first-order valence-electron chi connectivity index (χ1n) is 15.2. The summed E-state index contributed by atoms with van der Waals surface area (Å²) in [5, 5.41) is 1.34. The van der Waals surface area contributed by atoms with Crippen LogP contribution in [0.2, 0.25) is 0 Å². The number of hydrogen-bond acceptors (Lipinski definition) is 2. The van der Waals surface area contributed by atoms with Crippen molar-refractivity contribution in [1.29, 1.82) is 0 Å². The van der Waals surface area contributed by atoms with Crippen LogP contribution in [0.25, 0.3) is 10.1 Å². The van der Waals surface area contributed by atoms with Crippen LogP contribution in [-0.4, -0.2) is 7.85 Å². The van der Waals surface area contributed by atoms with Gasteiger partial charge in [0, 0.05) is 33.1 Å². The van der Waals surface area contributed by atoms with Crippen molar-refractivity contribution in [2.45, 2.75) is 84.0 Å². The molecule has 1 aliphatic carbocycles. The minimum Gasteiger partial charge on any atom is -0.311 e. The summed E-state index contributed by atoms with van der Waals surface area (Å²) in [5.41, 5.74) is 10.2. The maximum Gasteiger partial charge on any atom is 0.116 e. The van der Waals surface area contributed by atoms with Gasteiger partial charge in [0.25, 0.3) is 0 Å². The van der Waals surface area contributed by atoms with Gasteiger partial charge in [-0.1, -0.05) is 102 Å². The number of anilines is 3. The minimum atomic E-state index is 0.101. The number of thiophene rings is 1. The Morgan fingerprint density at radius 1 is 0.738 bits per heavy atom. The summed E-state index contributed by atoms with van der Waals surface area (Å²) in [4.78, 5) is 3.77. The van der Waals surface area contributed by atoms with Gasteiger partial charge in [0.2, 0.25) is 0 Å². The van der Waals surface area contributed by atoms with E-state index in [1.807, 2.05) is 23.5 Å². The third-order valence-electron chi connectivity index (χ3n) is 9.28. The Balaban J connectivity index is 1.58. The smallest absolute Gasteiger partial charge is 0.116 e. The number of hydrogen-bond donors (Lipinski definition) is 0. The molecule has 212 valence electrons. The van der Waals surface area contributed by atoms with Crippen molar-refractivity contribution < 1.29 is 0 Å². The molecule has 2 radical (unpaired) electrons. The lowest BCUT2D eigenvalue weighted by atomic mass is 9.62. The van der Waals surface area contributed by atoms with E-state index in [1.54, 1.807) is 0 Å². The van der Waals surface area contributed by atoms with Crippen molar-refractivity contribution in [3.8, 4) is 0 Å². The van der Waals surface area contributed by atoms with Crippen LogP contribution in [0.5, 0.6) is 0 Å². The van der Waals surface area contributed by atoms with E-state index in [4.69, 9.17) is 7.85 Å². The van der Waals surface area contributed by atoms with Gasteiger partial charge in [-0.3, -0.25) is 0 Å². The second-order valence-electron chi connectivity index (χ2n) is 14.4. The molecule has 0 amide bonds. The van der Waals surface area contributed by atoms with Gasteiger partial charge in [-0.2, -0.15) is 0 Å². The molecule has 0 aliphatic heterocycles. The highest BCUT2D eigenvalue weighted by Crippen LogP contribution is 2.50. The third kappa shape index (κ3) is 5.33. The van der Waals surface area contributed by atoms with Gasteiger partial charge >= 0.3 is 0 Å². The van der Waals surface area contributed by atoms with Gasteiger partial charge in [-0.15, -0.1) is 11.3 Å². The molecule has 0 N–H and O–H groups in total. The number of benzene rings is 4. The van der Waals surface area contributed by atoms with Gasteiger partial charge in [0.1, 0.15) is 7.85 Å². The van der Waals surface area contributed by atoms with Gasteiger partial charge in [-0.05, 0) is 99.2 Å². The van der Waals surface area contributed by atoms with Crippen molar-refractivity contribution in [2.24, 2.45) is 0 Å². The topological polar surface area (TPSA) is 3.24 Å². The van der Waals surface area contributed by atoms with Gasteiger partial charge in [0.15, 0.2) is 0 Å². The van der Waals surface area contributed by atoms with Crippen LogP contribution in [0.15, 0.2) is 91.0 Å². The first-order chi connectivity index (χ1) is 19.8. The van der Waals surface area contributed by atoms with E-state index in [0.29, 0.717) is 0 Å². The Kier molecular flexibility index (Phi) is 7.17. The van der Waals surface area contributed by atoms with E-state index in [1.165, 1.54) is 55.7 Å². The van der Waals surface area contributed by atoms with Crippen LogP contribution < -0.4 is 10.4 Å². The van der Waals surface area contributed by atoms with Gasteiger partial charge in [-0.25, -0.2) is 0 Å². The molecular formula is C39H42BNS. The molecule has 0 fully saturated rings. The van der Waals surface area contributed by atoms with Crippen molar-refractivity contribution in [3.63, 3.8) is 0 Å². The molecule has 5 aromatic rings. The summed E-state index contributed by atoms with van der Waals surface area (Å²) in [6, 6.07) is 33.4. The highest BCUT2D eigenvalue weighted by molar-refractivity contribution is 7.19. The molecule has 1 nitrogen and oxygen atoms in total. The van der Waals surface area contributed by atoms with E-state index >= 15 is 0 Å². The summed E-state index contributed by atoms with van der Waals surface area (Å²) in [6.45, 7) is 16.5. The zero-order valence-electron chi connectivity index (χ0n) is 26.2. The standard InChI is InChI=1S/C39H42BNS/c1-37(2,3)28-17-18-36-27(21-28)23-30(42-36)22-26-24-31-32(39(6,7)20-19-38(31,4)5)25-35(26)41(29-13-9-8-10-14-29)34-16-12-11-15-33(34)40/h8-18,21,23-25H,19-20,22H2,1-7H3. The molecule has 0 unspecified atom stereocenters. The van der Waals surface area contributed by atoms with Crippen molar-refractivity contribution in [1.82, 2.24) is 0 Å². The van der Waals surface area contributed by atoms with E-state index in [-0.39, 0.29) is 16.2 Å². The zero-order chi connectivity index (χ0) is 29.9. The highest BCUT2D eigenvalue weighted by atomic mass is 32.1. The fraction of sp³-hybridized carbons (Fsp3) is 0.333. The first-order valence-corrected chi connectivity index (χ1v) is 16.1. The minimum absolute atomic E-state index is 0.101. The quantitative estimate of drug-likeness (QED) is 0.191. The first kappa shape index (κ1) is 28.8. The molecule has 1 aromatic heterocycles. The van der Waals surface area contributed by atoms with Crippen LogP contribution in [0.4, 0.5) is 17.1 Å². The maximum absolute atomic E-state index is 6.69. The molecule has 42 heavy (non-hydrogen) atoms.